The van der Waals surface area contributed by atoms with Crippen LogP contribution in [0.5, 0.6) is 0 Å². The quantitative estimate of drug-likeness (QED) is 0.802. The van der Waals surface area contributed by atoms with Gasteiger partial charge in [0.1, 0.15) is 0 Å². The summed E-state index contributed by atoms with van der Waals surface area (Å²) in [6, 6.07) is 7.60. The SMILES string of the molecule is CCCNC(=O)CCN(CCc1cccc(Cl)c1)C(C)=O. The maximum Gasteiger partial charge on any atom is 0.221 e. The molecule has 0 spiro atoms. The normalized spacial score (nSPS) is 10.2. The summed E-state index contributed by atoms with van der Waals surface area (Å²) in [7, 11) is 0. The molecule has 21 heavy (non-hydrogen) atoms. The molecule has 0 aromatic heterocycles. The lowest BCUT2D eigenvalue weighted by molar-refractivity contribution is -0.129. The summed E-state index contributed by atoms with van der Waals surface area (Å²) in [5.74, 6) is -0.0221. The molecular formula is C16H23ClN2O2. The molecule has 0 fully saturated rings. The van der Waals surface area contributed by atoms with Gasteiger partial charge in [-0.05, 0) is 30.5 Å². The second-order valence-corrected chi connectivity index (χ2v) is 5.42. The van der Waals surface area contributed by atoms with Crippen molar-refractivity contribution in [3.63, 3.8) is 0 Å². The van der Waals surface area contributed by atoms with Crippen LogP contribution in [-0.4, -0.2) is 36.3 Å². The van der Waals surface area contributed by atoms with E-state index in [9.17, 15) is 9.59 Å². The third-order valence-electron chi connectivity index (χ3n) is 3.19. The number of amides is 2. The van der Waals surface area contributed by atoms with Gasteiger partial charge < -0.3 is 10.2 Å². The first kappa shape index (κ1) is 17.5. The number of benzene rings is 1. The highest BCUT2D eigenvalue weighted by atomic mass is 35.5. The van der Waals surface area contributed by atoms with E-state index in [0.29, 0.717) is 31.1 Å². The second-order valence-electron chi connectivity index (χ2n) is 4.99. The van der Waals surface area contributed by atoms with Crippen LogP contribution in [0.15, 0.2) is 24.3 Å². The lowest BCUT2D eigenvalue weighted by Crippen LogP contribution is -2.35. The van der Waals surface area contributed by atoms with Gasteiger partial charge in [-0.1, -0.05) is 30.7 Å². The van der Waals surface area contributed by atoms with E-state index in [1.54, 1.807) is 4.90 Å². The van der Waals surface area contributed by atoms with Crippen molar-refractivity contribution in [2.45, 2.75) is 33.1 Å². The molecule has 116 valence electrons. The fourth-order valence-corrected chi connectivity index (χ4v) is 2.19. The summed E-state index contributed by atoms with van der Waals surface area (Å²) in [6.07, 6.45) is 1.99. The van der Waals surface area contributed by atoms with E-state index in [4.69, 9.17) is 11.6 Å². The summed E-state index contributed by atoms with van der Waals surface area (Å²) >= 11 is 5.94. The molecule has 0 radical (unpaired) electrons. The average Bonchev–Trinajstić information content (AvgIpc) is 2.44. The lowest BCUT2D eigenvalue weighted by atomic mass is 10.1. The van der Waals surface area contributed by atoms with Gasteiger partial charge in [0.25, 0.3) is 0 Å². The van der Waals surface area contributed by atoms with Crippen LogP contribution >= 0.6 is 11.6 Å². The van der Waals surface area contributed by atoms with Gasteiger partial charge >= 0.3 is 0 Å². The zero-order valence-electron chi connectivity index (χ0n) is 12.7. The first-order valence-corrected chi connectivity index (χ1v) is 7.67. The van der Waals surface area contributed by atoms with E-state index in [0.717, 1.165) is 18.4 Å². The van der Waals surface area contributed by atoms with Crippen molar-refractivity contribution in [1.29, 1.82) is 0 Å². The fraction of sp³-hybridized carbons (Fsp3) is 0.500. The average molecular weight is 311 g/mol. The van der Waals surface area contributed by atoms with Crippen LogP contribution in [0.1, 0.15) is 32.3 Å². The van der Waals surface area contributed by atoms with Crippen LogP contribution in [0.4, 0.5) is 0 Å². The number of hydrogen-bond donors (Lipinski definition) is 1. The van der Waals surface area contributed by atoms with Crippen LogP contribution in [0, 0.1) is 0 Å². The second kappa shape index (κ2) is 9.40. The Bertz CT molecular complexity index is 477. The molecule has 5 heteroatoms. The highest BCUT2D eigenvalue weighted by Crippen LogP contribution is 2.11. The van der Waals surface area contributed by atoms with Crippen LogP contribution in [-0.2, 0) is 16.0 Å². The minimum atomic E-state index is -0.0136. The summed E-state index contributed by atoms with van der Waals surface area (Å²) in [4.78, 5) is 24.9. The number of hydrogen-bond acceptors (Lipinski definition) is 2. The number of nitrogens with one attached hydrogen (secondary N) is 1. The Hall–Kier alpha value is -1.55. The van der Waals surface area contributed by atoms with Gasteiger partial charge in [-0.25, -0.2) is 0 Å². The third kappa shape index (κ3) is 7.14. The monoisotopic (exact) mass is 310 g/mol. The Morgan fingerprint density at radius 2 is 2.05 bits per heavy atom. The van der Waals surface area contributed by atoms with Crippen LogP contribution < -0.4 is 5.32 Å². The largest absolute Gasteiger partial charge is 0.356 e. The zero-order valence-corrected chi connectivity index (χ0v) is 13.4. The van der Waals surface area contributed by atoms with E-state index in [-0.39, 0.29) is 11.8 Å². The molecule has 0 aliphatic heterocycles. The van der Waals surface area contributed by atoms with E-state index >= 15 is 0 Å². The topological polar surface area (TPSA) is 49.4 Å². The summed E-state index contributed by atoms with van der Waals surface area (Å²) in [6.45, 7) is 5.26. The van der Waals surface area contributed by atoms with E-state index < -0.39 is 0 Å². The van der Waals surface area contributed by atoms with Crippen molar-refractivity contribution >= 4 is 23.4 Å². The van der Waals surface area contributed by atoms with Gasteiger partial charge in [-0.15, -0.1) is 0 Å². The minimum Gasteiger partial charge on any atom is -0.356 e. The highest BCUT2D eigenvalue weighted by molar-refractivity contribution is 6.30. The molecule has 4 nitrogen and oxygen atoms in total. The number of carbonyl (C=O) groups excluding carboxylic acids is 2. The highest BCUT2D eigenvalue weighted by Gasteiger charge is 2.11. The smallest absolute Gasteiger partial charge is 0.221 e. The number of halogens is 1. The van der Waals surface area contributed by atoms with Crippen LogP contribution in [0.25, 0.3) is 0 Å². The molecule has 1 N–H and O–H groups in total. The lowest BCUT2D eigenvalue weighted by Gasteiger charge is -2.21. The fourth-order valence-electron chi connectivity index (χ4n) is 1.97. The van der Waals surface area contributed by atoms with Crippen molar-refractivity contribution < 1.29 is 9.59 Å². The maximum absolute atomic E-state index is 11.6. The molecule has 0 aliphatic carbocycles. The Kier molecular flexibility index (Phi) is 7.83. The van der Waals surface area contributed by atoms with Gasteiger partial charge in [0, 0.05) is 38.0 Å². The van der Waals surface area contributed by atoms with Crippen molar-refractivity contribution in [3.8, 4) is 0 Å². The van der Waals surface area contributed by atoms with Crippen molar-refractivity contribution in [2.24, 2.45) is 0 Å². The maximum atomic E-state index is 11.6. The Morgan fingerprint density at radius 1 is 1.29 bits per heavy atom. The minimum absolute atomic E-state index is 0.00847. The van der Waals surface area contributed by atoms with Crippen LogP contribution in [0.3, 0.4) is 0 Å². The molecule has 0 unspecified atom stereocenters. The summed E-state index contributed by atoms with van der Waals surface area (Å²) in [5, 5.41) is 3.51. The first-order valence-electron chi connectivity index (χ1n) is 7.29. The Balaban J connectivity index is 2.43. The molecule has 0 atom stereocenters. The number of nitrogens with zero attached hydrogens (tertiary/aromatic N) is 1. The van der Waals surface area contributed by atoms with Gasteiger partial charge in [0.2, 0.25) is 11.8 Å². The van der Waals surface area contributed by atoms with Crippen molar-refractivity contribution in [2.75, 3.05) is 19.6 Å². The summed E-state index contributed by atoms with van der Waals surface area (Å²) in [5.41, 5.74) is 1.09. The molecule has 0 saturated carbocycles. The molecule has 1 aromatic rings. The molecule has 0 bridgehead atoms. The third-order valence-corrected chi connectivity index (χ3v) is 3.42. The number of rotatable bonds is 8. The van der Waals surface area contributed by atoms with Crippen molar-refractivity contribution in [1.82, 2.24) is 10.2 Å². The van der Waals surface area contributed by atoms with E-state index in [1.165, 1.54) is 6.92 Å². The Labute approximate surface area is 131 Å². The molecular weight excluding hydrogens is 288 g/mol. The molecule has 2 amide bonds. The number of carbonyl (C=O) groups is 2. The molecule has 0 saturated heterocycles. The molecule has 0 aliphatic rings. The summed E-state index contributed by atoms with van der Waals surface area (Å²) < 4.78 is 0. The predicted octanol–water partition coefficient (Wildman–Crippen LogP) is 2.65. The molecule has 0 heterocycles. The van der Waals surface area contributed by atoms with Gasteiger partial charge in [0.05, 0.1) is 0 Å². The molecule has 1 rings (SSSR count). The Morgan fingerprint density at radius 3 is 2.67 bits per heavy atom. The van der Waals surface area contributed by atoms with Crippen LogP contribution in [0.2, 0.25) is 5.02 Å². The van der Waals surface area contributed by atoms with Gasteiger partial charge in [-0.3, -0.25) is 9.59 Å². The zero-order chi connectivity index (χ0) is 15.7. The van der Waals surface area contributed by atoms with Gasteiger partial charge in [0.15, 0.2) is 0 Å². The van der Waals surface area contributed by atoms with Gasteiger partial charge in [-0.2, -0.15) is 0 Å². The molecule has 1 aromatic carbocycles. The van der Waals surface area contributed by atoms with E-state index in [2.05, 4.69) is 5.32 Å². The first-order chi connectivity index (χ1) is 10.0. The van der Waals surface area contributed by atoms with Crippen molar-refractivity contribution in [3.05, 3.63) is 34.9 Å². The van der Waals surface area contributed by atoms with E-state index in [1.807, 2.05) is 31.2 Å². The standard InChI is InChI=1S/C16H23ClN2O2/c1-3-9-18-16(21)8-11-19(13(2)20)10-7-14-5-4-6-15(17)12-14/h4-6,12H,3,7-11H2,1-2H3,(H,18,21). The predicted molar refractivity (Wildman–Crippen MR) is 85.3 cm³/mol.